The van der Waals surface area contributed by atoms with E-state index in [9.17, 15) is 9.59 Å². The lowest BCUT2D eigenvalue weighted by Crippen LogP contribution is -2.17. The minimum Gasteiger partial charge on any atom is -0.478 e. The average Bonchev–Trinajstić information content (AvgIpc) is 2.60. The first-order valence-corrected chi connectivity index (χ1v) is 7.54. The fourth-order valence-corrected chi connectivity index (χ4v) is 2.11. The molecule has 0 fully saturated rings. The van der Waals surface area contributed by atoms with E-state index in [2.05, 4.69) is 10.6 Å². The lowest BCUT2D eigenvalue weighted by Gasteiger charge is -2.07. The smallest absolute Gasteiger partial charge is 0.335 e. The van der Waals surface area contributed by atoms with Gasteiger partial charge in [-0.05, 0) is 42.3 Å². The number of nitrogens with zero attached hydrogens (tertiary/aromatic N) is 1. The monoisotopic (exact) mass is 335 g/mol. The van der Waals surface area contributed by atoms with Gasteiger partial charge in [-0.15, -0.1) is 0 Å². The fourth-order valence-electron chi connectivity index (χ4n) is 2.11. The van der Waals surface area contributed by atoms with Gasteiger partial charge in [0.15, 0.2) is 0 Å². The first-order chi connectivity index (χ1) is 12.0. The molecular formula is C19H17N3O3. The standard InChI is InChI=1S/C19H17N3O3/c1-13-4-2-3-5-15(13)11-21-12-16(10-20)18(23)22-17-8-6-14(7-9-17)19(24)25/h2-9,12,21H,11H2,1H3,(H,22,23)(H,24,25)/b16-12-. The molecule has 3 N–H and O–H groups in total. The third-order valence-electron chi connectivity index (χ3n) is 3.55. The van der Waals surface area contributed by atoms with Crippen molar-refractivity contribution in [3.8, 4) is 6.07 Å². The van der Waals surface area contributed by atoms with Crippen LogP contribution in [0.4, 0.5) is 5.69 Å². The summed E-state index contributed by atoms with van der Waals surface area (Å²) in [7, 11) is 0. The number of hydrogen-bond acceptors (Lipinski definition) is 4. The predicted molar refractivity (Wildman–Crippen MR) is 93.7 cm³/mol. The maximum atomic E-state index is 12.1. The zero-order chi connectivity index (χ0) is 18.2. The molecule has 0 aliphatic heterocycles. The molecule has 0 bridgehead atoms. The molecule has 0 saturated heterocycles. The number of benzene rings is 2. The minimum atomic E-state index is -1.05. The first-order valence-electron chi connectivity index (χ1n) is 7.54. The lowest BCUT2D eigenvalue weighted by atomic mass is 10.1. The number of nitrogens with one attached hydrogen (secondary N) is 2. The van der Waals surface area contributed by atoms with Gasteiger partial charge in [-0.3, -0.25) is 4.79 Å². The predicted octanol–water partition coefficient (Wildman–Crippen LogP) is 2.83. The molecule has 0 heterocycles. The Morgan fingerprint density at radius 3 is 2.44 bits per heavy atom. The summed E-state index contributed by atoms with van der Waals surface area (Å²) in [6.45, 7) is 2.48. The average molecular weight is 335 g/mol. The second-order valence-corrected chi connectivity index (χ2v) is 5.31. The Kier molecular flexibility index (Phi) is 5.91. The molecule has 0 radical (unpaired) electrons. The summed E-state index contributed by atoms with van der Waals surface area (Å²) in [6, 6.07) is 15.4. The summed E-state index contributed by atoms with van der Waals surface area (Å²) in [5.41, 5.74) is 2.64. The van der Waals surface area contributed by atoms with Gasteiger partial charge in [-0.1, -0.05) is 24.3 Å². The van der Waals surface area contributed by atoms with Crippen LogP contribution in [0.3, 0.4) is 0 Å². The van der Waals surface area contributed by atoms with Gasteiger partial charge in [0.05, 0.1) is 5.56 Å². The molecule has 25 heavy (non-hydrogen) atoms. The highest BCUT2D eigenvalue weighted by atomic mass is 16.4. The van der Waals surface area contributed by atoms with Crippen LogP contribution in [0.5, 0.6) is 0 Å². The molecule has 6 nitrogen and oxygen atoms in total. The molecule has 6 heteroatoms. The van der Waals surface area contributed by atoms with Crippen molar-refractivity contribution in [3.63, 3.8) is 0 Å². The molecule has 0 saturated carbocycles. The fraction of sp³-hybridized carbons (Fsp3) is 0.105. The van der Waals surface area contributed by atoms with Gasteiger partial charge in [-0.2, -0.15) is 5.26 Å². The number of nitriles is 1. The molecule has 126 valence electrons. The van der Waals surface area contributed by atoms with Crippen molar-refractivity contribution < 1.29 is 14.7 Å². The van der Waals surface area contributed by atoms with Crippen molar-refractivity contribution >= 4 is 17.6 Å². The van der Waals surface area contributed by atoms with Crippen molar-refractivity contribution in [2.45, 2.75) is 13.5 Å². The maximum absolute atomic E-state index is 12.1. The molecule has 1 amide bonds. The number of amides is 1. The number of aryl methyl sites for hydroxylation is 1. The van der Waals surface area contributed by atoms with Gasteiger partial charge in [0, 0.05) is 18.4 Å². The zero-order valence-electron chi connectivity index (χ0n) is 13.6. The lowest BCUT2D eigenvalue weighted by molar-refractivity contribution is -0.112. The minimum absolute atomic E-state index is 0.0732. The highest BCUT2D eigenvalue weighted by Gasteiger charge is 2.10. The summed E-state index contributed by atoms with van der Waals surface area (Å²) in [6.07, 6.45) is 1.37. The van der Waals surface area contributed by atoms with E-state index < -0.39 is 11.9 Å². The Balaban J connectivity index is 1.99. The van der Waals surface area contributed by atoms with Crippen LogP contribution in [0.1, 0.15) is 21.5 Å². The van der Waals surface area contributed by atoms with E-state index in [1.807, 2.05) is 37.3 Å². The Morgan fingerprint density at radius 2 is 1.84 bits per heavy atom. The van der Waals surface area contributed by atoms with Crippen molar-refractivity contribution in [2.24, 2.45) is 0 Å². The topological polar surface area (TPSA) is 102 Å². The molecule has 0 aliphatic carbocycles. The largest absolute Gasteiger partial charge is 0.478 e. The maximum Gasteiger partial charge on any atom is 0.335 e. The summed E-state index contributed by atoms with van der Waals surface area (Å²) in [4.78, 5) is 22.9. The highest BCUT2D eigenvalue weighted by molar-refractivity contribution is 6.06. The number of carboxylic acid groups (broad SMARTS) is 1. The van der Waals surface area contributed by atoms with Crippen LogP contribution in [0.25, 0.3) is 0 Å². The van der Waals surface area contributed by atoms with Crippen molar-refractivity contribution in [3.05, 3.63) is 77.0 Å². The highest BCUT2D eigenvalue weighted by Crippen LogP contribution is 2.11. The second-order valence-electron chi connectivity index (χ2n) is 5.31. The number of aromatic carboxylic acids is 1. The molecule has 0 aliphatic rings. The summed E-state index contributed by atoms with van der Waals surface area (Å²) in [5.74, 6) is -1.61. The summed E-state index contributed by atoms with van der Waals surface area (Å²) in [5, 5.41) is 23.5. The van der Waals surface area contributed by atoms with Crippen LogP contribution in [0.15, 0.2) is 60.3 Å². The number of rotatable bonds is 6. The van der Waals surface area contributed by atoms with Crippen LogP contribution in [0, 0.1) is 18.3 Å². The first kappa shape index (κ1) is 17.8. The second kappa shape index (κ2) is 8.31. The van der Waals surface area contributed by atoms with E-state index in [0.29, 0.717) is 12.2 Å². The van der Waals surface area contributed by atoms with E-state index in [0.717, 1.165) is 11.1 Å². The van der Waals surface area contributed by atoms with Crippen LogP contribution in [0.2, 0.25) is 0 Å². The summed E-state index contributed by atoms with van der Waals surface area (Å²) >= 11 is 0. The summed E-state index contributed by atoms with van der Waals surface area (Å²) < 4.78 is 0. The Labute approximate surface area is 145 Å². The van der Waals surface area contributed by atoms with E-state index in [1.165, 1.54) is 30.5 Å². The van der Waals surface area contributed by atoms with Crippen molar-refractivity contribution in [1.29, 1.82) is 5.26 Å². The van der Waals surface area contributed by atoms with Crippen LogP contribution < -0.4 is 10.6 Å². The van der Waals surface area contributed by atoms with Gasteiger partial charge in [-0.25, -0.2) is 4.79 Å². The third kappa shape index (κ3) is 4.94. The molecule has 0 atom stereocenters. The quantitative estimate of drug-likeness (QED) is 0.556. The molecule has 2 aromatic carbocycles. The van der Waals surface area contributed by atoms with Gasteiger partial charge in [0.25, 0.3) is 5.91 Å². The van der Waals surface area contributed by atoms with E-state index in [-0.39, 0.29) is 11.1 Å². The van der Waals surface area contributed by atoms with Crippen LogP contribution >= 0.6 is 0 Å². The molecular weight excluding hydrogens is 318 g/mol. The van der Waals surface area contributed by atoms with E-state index >= 15 is 0 Å². The number of carboxylic acids is 1. The molecule has 0 spiro atoms. The van der Waals surface area contributed by atoms with E-state index in [4.69, 9.17) is 10.4 Å². The van der Waals surface area contributed by atoms with Gasteiger partial charge < -0.3 is 15.7 Å². The molecule has 2 rings (SSSR count). The zero-order valence-corrected chi connectivity index (χ0v) is 13.6. The van der Waals surface area contributed by atoms with Crippen molar-refractivity contribution in [2.75, 3.05) is 5.32 Å². The SMILES string of the molecule is Cc1ccccc1CN/C=C(/C#N)C(=O)Nc1ccc(C(=O)O)cc1. The number of carbonyl (C=O) groups excluding carboxylic acids is 1. The Bertz CT molecular complexity index is 849. The van der Waals surface area contributed by atoms with Gasteiger partial charge >= 0.3 is 5.97 Å². The van der Waals surface area contributed by atoms with Gasteiger partial charge in [0.2, 0.25) is 0 Å². The normalized spacial score (nSPS) is 10.6. The van der Waals surface area contributed by atoms with Crippen molar-refractivity contribution in [1.82, 2.24) is 5.32 Å². The number of hydrogen-bond donors (Lipinski definition) is 3. The number of anilines is 1. The van der Waals surface area contributed by atoms with Crippen LogP contribution in [-0.2, 0) is 11.3 Å². The van der Waals surface area contributed by atoms with Crippen LogP contribution in [-0.4, -0.2) is 17.0 Å². The Morgan fingerprint density at radius 1 is 1.16 bits per heavy atom. The number of carbonyl (C=O) groups is 2. The van der Waals surface area contributed by atoms with Gasteiger partial charge in [0.1, 0.15) is 11.6 Å². The van der Waals surface area contributed by atoms with E-state index in [1.54, 1.807) is 0 Å². The molecule has 2 aromatic rings. The Hall–Kier alpha value is -3.59. The molecule has 0 unspecified atom stereocenters. The third-order valence-corrected chi connectivity index (χ3v) is 3.55. The molecule has 0 aromatic heterocycles.